The van der Waals surface area contributed by atoms with Crippen LogP contribution < -0.4 is 29.6 Å². The van der Waals surface area contributed by atoms with Gasteiger partial charge in [-0.25, -0.2) is 5.26 Å². The maximum absolute atomic E-state index is 9.71. The van der Waals surface area contributed by atoms with E-state index < -0.39 is 18.3 Å². The van der Waals surface area contributed by atoms with E-state index in [1.165, 1.54) is 0 Å². The molecule has 0 aliphatic rings. The zero-order valence-corrected chi connectivity index (χ0v) is 8.39. The molecule has 0 amide bonds. The van der Waals surface area contributed by atoms with E-state index in [-0.39, 0.29) is 31.0 Å². The van der Waals surface area contributed by atoms with Gasteiger partial charge in [0, 0.05) is 0 Å². The van der Waals surface area contributed by atoms with Gasteiger partial charge in [-0.05, 0) is 0 Å². The molecule has 0 heterocycles. The molecule has 0 aromatic rings. The zero-order chi connectivity index (χ0) is 7.71. The van der Waals surface area contributed by atoms with Crippen LogP contribution in [0.25, 0.3) is 0 Å². The van der Waals surface area contributed by atoms with Gasteiger partial charge in [0.25, 0.3) is 0 Å². The van der Waals surface area contributed by atoms with E-state index >= 15 is 0 Å². The van der Waals surface area contributed by atoms with Crippen molar-refractivity contribution in [3.63, 3.8) is 0 Å². The van der Waals surface area contributed by atoms with E-state index in [1.807, 2.05) is 0 Å². The Labute approximate surface area is 80.0 Å². The van der Waals surface area contributed by atoms with Crippen LogP contribution in [-0.4, -0.2) is 26.6 Å². The Morgan fingerprint density at radius 1 is 1.20 bits per heavy atom. The van der Waals surface area contributed by atoms with Crippen LogP contribution in [0.3, 0.4) is 0 Å². The average molecular weight is 202 g/mol. The molecule has 0 atom stereocenters. The second-order valence-corrected chi connectivity index (χ2v) is 5.22. The predicted molar refractivity (Wildman–Crippen MR) is 25.3 cm³/mol. The molecule has 0 bridgehead atoms. The van der Waals surface area contributed by atoms with Gasteiger partial charge in [-0.15, -0.1) is 0 Å². The molecule has 0 saturated heterocycles. The smallest absolute Gasteiger partial charge is 1.00 e. The molecular weight excluding hydrogens is 199 g/mol. The monoisotopic (exact) mass is 202 g/mol. The van der Waals surface area contributed by atoms with Gasteiger partial charge in [0.15, 0.2) is 0 Å². The van der Waals surface area contributed by atoms with Crippen molar-refractivity contribution < 1.29 is 62.0 Å². The van der Waals surface area contributed by atoms with Gasteiger partial charge in [-0.3, -0.25) is 4.55 Å². The molecule has 0 spiro atoms. The molecule has 2 N–H and O–H groups in total. The van der Waals surface area contributed by atoms with Crippen LogP contribution in [0.1, 0.15) is 1.43 Å². The first-order valence-corrected chi connectivity index (χ1v) is 4.73. The van der Waals surface area contributed by atoms with Crippen molar-refractivity contribution in [2.45, 2.75) is 0 Å². The average Bonchev–Trinajstić information content (AvgIpc) is 1.64. The molecule has 0 rings (SSSR count). The van der Waals surface area contributed by atoms with E-state index in [2.05, 4.69) is 4.33 Å². The molecule has 7 nitrogen and oxygen atoms in total. The van der Waals surface area contributed by atoms with Crippen molar-refractivity contribution in [1.29, 1.82) is 0 Å². The molecule has 0 aromatic heterocycles. The van der Waals surface area contributed by atoms with Crippen LogP contribution in [0.2, 0.25) is 0 Å². The van der Waals surface area contributed by atoms with Crippen LogP contribution in [0, 0.1) is 0 Å². The molecule has 58 valence electrons. The van der Waals surface area contributed by atoms with E-state index in [9.17, 15) is 16.8 Å². The van der Waals surface area contributed by atoms with Gasteiger partial charge in [0.1, 0.15) is 0 Å². The van der Waals surface area contributed by atoms with Crippen molar-refractivity contribution in [3.05, 3.63) is 0 Å². The van der Waals surface area contributed by atoms with Crippen LogP contribution in [0.5, 0.6) is 0 Å². The molecule has 0 saturated carbocycles. The maximum atomic E-state index is 9.71. The third kappa shape index (κ3) is 3.25. The SMILES string of the molecule is O=S(=O)(O)S(=O)(=O)OO.[H-].[Na+]. The Morgan fingerprint density at radius 3 is 1.50 bits per heavy atom. The normalized spacial score (nSPS) is 12.2. The Hall–Kier alpha value is 0.780. The quantitative estimate of drug-likeness (QED) is 0.153. The second-order valence-electron chi connectivity index (χ2n) is 0.911. The molecule has 0 aliphatic heterocycles. The molecule has 0 fully saturated rings. The van der Waals surface area contributed by atoms with Crippen LogP contribution in [0.15, 0.2) is 0 Å². The third-order valence-corrected chi connectivity index (χ3v) is 2.78. The van der Waals surface area contributed by atoms with Crippen LogP contribution in [-0.2, 0) is 22.6 Å². The van der Waals surface area contributed by atoms with E-state index in [0.29, 0.717) is 0 Å². The molecule has 10 heteroatoms. The minimum atomic E-state index is -5.35. The summed E-state index contributed by atoms with van der Waals surface area (Å²) in [5, 5.41) is 7.30. The van der Waals surface area contributed by atoms with Crippen LogP contribution >= 0.6 is 0 Å². The molecular formula is H3NaO7S2. The minimum Gasteiger partial charge on any atom is -1.00 e. The van der Waals surface area contributed by atoms with Crippen molar-refractivity contribution in [2.75, 3.05) is 0 Å². The fraction of sp³-hybridized carbons (Fsp3) is 0. The first-order valence-electron chi connectivity index (χ1n) is 1.37. The summed E-state index contributed by atoms with van der Waals surface area (Å²) >= 11 is 0. The summed E-state index contributed by atoms with van der Waals surface area (Å²) in [7, 11) is -10.6. The topological polar surface area (TPSA) is 118 Å². The third-order valence-electron chi connectivity index (χ3n) is 0.349. The summed E-state index contributed by atoms with van der Waals surface area (Å²) in [6.45, 7) is 0. The van der Waals surface area contributed by atoms with Crippen molar-refractivity contribution in [3.8, 4) is 0 Å². The summed E-state index contributed by atoms with van der Waals surface area (Å²) in [5.74, 6) is 0. The van der Waals surface area contributed by atoms with Gasteiger partial charge < -0.3 is 1.43 Å². The van der Waals surface area contributed by atoms with Crippen molar-refractivity contribution in [2.24, 2.45) is 0 Å². The second kappa shape index (κ2) is 3.97. The van der Waals surface area contributed by atoms with Crippen molar-refractivity contribution >= 4 is 18.3 Å². The summed E-state index contributed by atoms with van der Waals surface area (Å²) in [6.07, 6.45) is 0. The molecule has 0 aromatic carbocycles. The van der Waals surface area contributed by atoms with Crippen LogP contribution in [0.4, 0.5) is 0 Å². The van der Waals surface area contributed by atoms with Gasteiger partial charge >= 0.3 is 47.9 Å². The van der Waals surface area contributed by atoms with E-state index in [4.69, 9.17) is 9.81 Å². The summed E-state index contributed by atoms with van der Waals surface area (Å²) < 4.78 is 48.6. The Kier molecular flexibility index (Phi) is 5.31. The largest absolute Gasteiger partial charge is 1.00 e. The summed E-state index contributed by atoms with van der Waals surface area (Å²) in [4.78, 5) is 0. The van der Waals surface area contributed by atoms with E-state index in [1.54, 1.807) is 0 Å². The molecule has 0 aliphatic carbocycles. The fourth-order valence-electron chi connectivity index (χ4n) is 0.0385. The molecule has 0 radical (unpaired) electrons. The summed E-state index contributed by atoms with van der Waals surface area (Å²) in [6, 6.07) is 0. The number of hydrogen-bond acceptors (Lipinski definition) is 6. The van der Waals surface area contributed by atoms with Gasteiger partial charge in [-0.2, -0.15) is 16.8 Å². The van der Waals surface area contributed by atoms with Gasteiger partial charge in [-0.1, -0.05) is 4.33 Å². The summed E-state index contributed by atoms with van der Waals surface area (Å²) in [5.41, 5.74) is 0. The molecule has 0 unspecified atom stereocenters. The Morgan fingerprint density at radius 2 is 1.50 bits per heavy atom. The fourth-order valence-corrected chi connectivity index (χ4v) is 0.346. The number of hydrogen-bond donors (Lipinski definition) is 2. The van der Waals surface area contributed by atoms with E-state index in [0.717, 1.165) is 0 Å². The number of rotatable bonds is 2. The first-order chi connectivity index (χ1) is 3.81. The van der Waals surface area contributed by atoms with Crippen molar-refractivity contribution in [1.82, 2.24) is 0 Å². The predicted octanol–water partition coefficient (Wildman–Crippen LogP) is -4.27. The van der Waals surface area contributed by atoms with Gasteiger partial charge in [0.2, 0.25) is 0 Å². The standard InChI is InChI=1S/Na.H2O7S2.H/c;1-7-9(5,6)8(2,3)4;/h;1H,(H,2,3,4);/q+1;;-1. The maximum Gasteiger partial charge on any atom is 1.00 e. The molecule has 10 heavy (non-hydrogen) atoms. The Bertz CT molecular complexity index is 272. The Balaban J connectivity index is -0.000000320. The van der Waals surface area contributed by atoms with Gasteiger partial charge in [0.05, 0.1) is 0 Å². The minimum absolute atomic E-state index is 0. The first kappa shape index (κ1) is 13.4. The zero-order valence-electron chi connectivity index (χ0n) is 5.75.